The first-order valence-corrected chi connectivity index (χ1v) is 7.61. The number of benzene rings is 2. The van der Waals surface area contributed by atoms with E-state index >= 15 is 0 Å². The first-order chi connectivity index (χ1) is 12.2. The number of esters is 1. The summed E-state index contributed by atoms with van der Waals surface area (Å²) in [7, 11) is 4.59. The molecule has 3 rings (SSSR count). The van der Waals surface area contributed by atoms with Gasteiger partial charge in [0.1, 0.15) is 12.2 Å². The molecule has 6 heteroatoms. The molecule has 0 spiro atoms. The third-order valence-corrected chi connectivity index (χ3v) is 3.72. The van der Waals surface area contributed by atoms with E-state index in [1.807, 2.05) is 18.2 Å². The van der Waals surface area contributed by atoms with Crippen LogP contribution in [0.5, 0.6) is 17.2 Å². The van der Waals surface area contributed by atoms with E-state index in [0.717, 1.165) is 5.39 Å². The molecule has 3 aromatic rings. The molecule has 0 unspecified atom stereocenters. The van der Waals surface area contributed by atoms with Gasteiger partial charge in [0.2, 0.25) is 11.5 Å². The maximum absolute atomic E-state index is 12.2. The van der Waals surface area contributed by atoms with Gasteiger partial charge in [0.25, 0.3) is 0 Å². The molecule has 0 bridgehead atoms. The third kappa shape index (κ3) is 3.38. The van der Waals surface area contributed by atoms with Gasteiger partial charge in [-0.25, -0.2) is 4.79 Å². The molecule has 0 fully saturated rings. The van der Waals surface area contributed by atoms with Crippen molar-refractivity contribution in [2.45, 2.75) is 6.61 Å². The molecule has 0 radical (unpaired) electrons. The van der Waals surface area contributed by atoms with Gasteiger partial charge in [0.15, 0.2) is 11.5 Å². The number of hydrogen-bond acceptors (Lipinski definition) is 6. The van der Waals surface area contributed by atoms with Crippen molar-refractivity contribution in [1.29, 1.82) is 0 Å². The van der Waals surface area contributed by atoms with Crippen LogP contribution in [0.25, 0.3) is 11.0 Å². The Kier molecular flexibility index (Phi) is 4.79. The number of carbonyl (C=O) groups excluding carboxylic acids is 1. The van der Waals surface area contributed by atoms with Gasteiger partial charge in [-0.3, -0.25) is 0 Å². The first-order valence-electron chi connectivity index (χ1n) is 7.61. The molecule has 0 aliphatic carbocycles. The fourth-order valence-corrected chi connectivity index (χ4v) is 2.52. The van der Waals surface area contributed by atoms with Gasteiger partial charge in [-0.1, -0.05) is 18.2 Å². The van der Waals surface area contributed by atoms with Gasteiger partial charge in [-0.15, -0.1) is 0 Å². The van der Waals surface area contributed by atoms with E-state index in [9.17, 15) is 4.79 Å². The minimum absolute atomic E-state index is 0.0482. The maximum Gasteiger partial charge on any atom is 0.374 e. The zero-order valence-corrected chi connectivity index (χ0v) is 14.2. The summed E-state index contributed by atoms with van der Waals surface area (Å²) in [6.07, 6.45) is 0. The lowest BCUT2D eigenvalue weighted by Crippen LogP contribution is -2.05. The molecule has 0 saturated heterocycles. The minimum Gasteiger partial charge on any atom is -0.493 e. The second-order valence-corrected chi connectivity index (χ2v) is 5.26. The monoisotopic (exact) mass is 342 g/mol. The number of ether oxygens (including phenoxy) is 4. The second kappa shape index (κ2) is 7.17. The maximum atomic E-state index is 12.2. The van der Waals surface area contributed by atoms with Crippen molar-refractivity contribution in [3.8, 4) is 17.2 Å². The summed E-state index contributed by atoms with van der Waals surface area (Å²) in [5, 5.41) is 0.849. The fraction of sp³-hybridized carbons (Fsp3) is 0.211. The summed E-state index contributed by atoms with van der Waals surface area (Å²) in [5.74, 6) is 1.10. The molecule has 1 heterocycles. The Balaban J connectivity index is 1.77. The van der Waals surface area contributed by atoms with Crippen LogP contribution in [0.3, 0.4) is 0 Å². The lowest BCUT2D eigenvalue weighted by Gasteiger charge is -2.14. The van der Waals surface area contributed by atoms with Gasteiger partial charge < -0.3 is 23.4 Å². The van der Waals surface area contributed by atoms with E-state index in [1.165, 1.54) is 21.3 Å². The Bertz CT molecular complexity index is 838. The van der Waals surface area contributed by atoms with Crippen LogP contribution in [0.15, 0.2) is 46.9 Å². The van der Waals surface area contributed by atoms with Crippen LogP contribution in [0.1, 0.15) is 16.1 Å². The summed E-state index contributed by atoms with van der Waals surface area (Å²) >= 11 is 0. The van der Waals surface area contributed by atoms with Crippen molar-refractivity contribution in [1.82, 2.24) is 0 Å². The van der Waals surface area contributed by atoms with Crippen molar-refractivity contribution in [3.63, 3.8) is 0 Å². The molecule has 0 aliphatic heterocycles. The summed E-state index contributed by atoms with van der Waals surface area (Å²) in [6, 6.07) is 12.5. The van der Waals surface area contributed by atoms with Crippen molar-refractivity contribution in [2.75, 3.05) is 21.3 Å². The van der Waals surface area contributed by atoms with Gasteiger partial charge in [0, 0.05) is 5.39 Å². The largest absolute Gasteiger partial charge is 0.493 e. The van der Waals surface area contributed by atoms with Crippen molar-refractivity contribution < 1.29 is 28.2 Å². The van der Waals surface area contributed by atoms with Gasteiger partial charge in [-0.2, -0.15) is 0 Å². The average Bonchev–Trinajstić information content (AvgIpc) is 3.09. The number of furan rings is 1. The molecular formula is C19H18O6. The standard InChI is InChI=1S/C19H18O6/c1-21-15-8-12(9-16(22-2)18(15)23-3)11-24-19(20)17-10-13-6-4-5-7-14(13)25-17/h4-10H,11H2,1-3H3. The highest BCUT2D eigenvalue weighted by molar-refractivity contribution is 5.92. The Morgan fingerprint density at radius 3 is 2.24 bits per heavy atom. The van der Waals surface area contributed by atoms with E-state index in [2.05, 4.69) is 0 Å². The first kappa shape index (κ1) is 16.7. The molecular weight excluding hydrogens is 324 g/mol. The number of para-hydroxylation sites is 1. The number of methoxy groups -OCH3 is 3. The topological polar surface area (TPSA) is 67.1 Å². The van der Waals surface area contributed by atoms with Crippen molar-refractivity contribution in [3.05, 3.63) is 53.8 Å². The summed E-state index contributed by atoms with van der Waals surface area (Å²) < 4.78 is 26.7. The zero-order chi connectivity index (χ0) is 17.8. The van der Waals surface area contributed by atoms with Gasteiger partial charge in [0.05, 0.1) is 21.3 Å². The number of rotatable bonds is 6. The molecule has 25 heavy (non-hydrogen) atoms. The lowest BCUT2D eigenvalue weighted by atomic mass is 10.2. The van der Waals surface area contributed by atoms with Crippen molar-refractivity contribution >= 4 is 16.9 Å². The van der Waals surface area contributed by atoms with Crippen LogP contribution in [0.4, 0.5) is 0 Å². The Morgan fingerprint density at radius 2 is 1.64 bits per heavy atom. The molecule has 0 atom stereocenters. The van der Waals surface area contributed by atoms with Gasteiger partial charge >= 0.3 is 5.97 Å². The highest BCUT2D eigenvalue weighted by atomic mass is 16.5. The van der Waals surface area contributed by atoms with Crippen LogP contribution >= 0.6 is 0 Å². The molecule has 2 aromatic carbocycles. The van der Waals surface area contributed by atoms with Gasteiger partial charge in [-0.05, 0) is 29.8 Å². The number of carbonyl (C=O) groups is 1. The molecule has 0 saturated carbocycles. The summed E-state index contributed by atoms with van der Waals surface area (Å²) in [6.45, 7) is 0.0482. The number of fused-ring (bicyclic) bond motifs is 1. The SMILES string of the molecule is COc1cc(COC(=O)c2cc3ccccc3o2)cc(OC)c1OC. The Morgan fingerprint density at radius 1 is 0.960 bits per heavy atom. The second-order valence-electron chi connectivity index (χ2n) is 5.26. The van der Waals surface area contributed by atoms with Crippen LogP contribution in [-0.4, -0.2) is 27.3 Å². The normalized spacial score (nSPS) is 10.5. The lowest BCUT2D eigenvalue weighted by molar-refractivity contribution is 0.0438. The average molecular weight is 342 g/mol. The van der Waals surface area contributed by atoms with Crippen LogP contribution in [-0.2, 0) is 11.3 Å². The minimum atomic E-state index is -0.537. The zero-order valence-electron chi connectivity index (χ0n) is 14.2. The van der Waals surface area contributed by atoms with Crippen LogP contribution < -0.4 is 14.2 Å². The molecule has 130 valence electrons. The van der Waals surface area contributed by atoms with Crippen LogP contribution in [0, 0.1) is 0 Å². The van der Waals surface area contributed by atoms with E-state index in [4.69, 9.17) is 23.4 Å². The highest BCUT2D eigenvalue weighted by Crippen LogP contribution is 2.38. The van der Waals surface area contributed by atoms with E-state index < -0.39 is 5.97 Å². The molecule has 6 nitrogen and oxygen atoms in total. The van der Waals surface area contributed by atoms with Crippen LogP contribution in [0.2, 0.25) is 0 Å². The fourth-order valence-electron chi connectivity index (χ4n) is 2.52. The molecule has 0 N–H and O–H groups in total. The van der Waals surface area contributed by atoms with E-state index in [0.29, 0.717) is 28.4 Å². The Labute approximate surface area is 144 Å². The third-order valence-electron chi connectivity index (χ3n) is 3.72. The molecule has 0 amide bonds. The summed E-state index contributed by atoms with van der Waals surface area (Å²) in [4.78, 5) is 12.2. The predicted molar refractivity (Wildman–Crippen MR) is 91.4 cm³/mol. The predicted octanol–water partition coefficient (Wildman–Crippen LogP) is 3.82. The Hall–Kier alpha value is -3.15. The highest BCUT2D eigenvalue weighted by Gasteiger charge is 2.16. The van der Waals surface area contributed by atoms with E-state index in [1.54, 1.807) is 24.3 Å². The molecule has 1 aromatic heterocycles. The van der Waals surface area contributed by atoms with Crippen molar-refractivity contribution in [2.24, 2.45) is 0 Å². The summed E-state index contributed by atoms with van der Waals surface area (Å²) in [5.41, 5.74) is 1.35. The number of hydrogen-bond donors (Lipinski definition) is 0. The smallest absolute Gasteiger partial charge is 0.374 e. The van der Waals surface area contributed by atoms with E-state index in [-0.39, 0.29) is 12.4 Å². The molecule has 0 aliphatic rings. The quantitative estimate of drug-likeness (QED) is 0.635.